The summed E-state index contributed by atoms with van der Waals surface area (Å²) in [6.45, 7) is 8.52. The molecule has 0 aromatic heterocycles. The average molecular weight is 411 g/mol. The number of hydrogen-bond acceptors (Lipinski definition) is 6. The number of ether oxygens (including phenoxy) is 3. The maximum Gasteiger partial charge on any atom is 0.308 e. The molecule has 0 radical (unpaired) electrons. The van der Waals surface area contributed by atoms with Crippen molar-refractivity contribution in [1.82, 2.24) is 0 Å². The van der Waals surface area contributed by atoms with Gasteiger partial charge in [-0.1, -0.05) is 46.5 Å². The number of esters is 1. The van der Waals surface area contributed by atoms with E-state index in [0.717, 1.165) is 38.5 Å². The minimum atomic E-state index is -0.800. The van der Waals surface area contributed by atoms with Gasteiger partial charge in [-0.3, -0.25) is 4.79 Å². The van der Waals surface area contributed by atoms with Gasteiger partial charge >= 0.3 is 5.97 Å². The van der Waals surface area contributed by atoms with Crippen LogP contribution < -0.4 is 0 Å². The molecule has 6 nitrogen and oxygen atoms in total. The third-order valence-corrected chi connectivity index (χ3v) is 7.83. The topological polar surface area (TPSA) is 63.2 Å². The van der Waals surface area contributed by atoms with Crippen LogP contribution in [0.25, 0.3) is 0 Å². The van der Waals surface area contributed by atoms with Gasteiger partial charge in [0, 0.05) is 24.7 Å². The molecular formula is C23H38O6. The number of fused-ring (bicyclic) bond motifs is 2. The standard InChI is InChI=1S/C23H38O6/c1-5-6-7-8-9-10-19(24)25-20-16(3)18-12-11-15(2)17-13-14-22(4)27-21(26-20)23(17,18)29-28-22/h15-18,20-21H,5-14H2,1-4H3/t15-,16-,17?,18?,20?,21-,22?,23-/m1/s1. The Balaban J connectivity index is 1.45. The number of unbranched alkanes of at least 4 members (excludes halogenated alkanes) is 4. The van der Waals surface area contributed by atoms with E-state index in [-0.39, 0.29) is 17.8 Å². The molecular weight excluding hydrogens is 372 g/mol. The molecule has 8 atom stereocenters. The Labute approximate surface area is 174 Å². The van der Waals surface area contributed by atoms with Crippen molar-refractivity contribution in [3.05, 3.63) is 0 Å². The highest BCUT2D eigenvalue weighted by atomic mass is 17.3. The zero-order valence-corrected chi connectivity index (χ0v) is 18.5. The van der Waals surface area contributed by atoms with Crippen molar-refractivity contribution < 1.29 is 28.8 Å². The van der Waals surface area contributed by atoms with Crippen LogP contribution in [0.4, 0.5) is 0 Å². The summed E-state index contributed by atoms with van der Waals surface area (Å²) in [5.41, 5.74) is -0.601. The van der Waals surface area contributed by atoms with Gasteiger partial charge in [0.05, 0.1) is 0 Å². The molecule has 5 rings (SSSR count). The summed E-state index contributed by atoms with van der Waals surface area (Å²) in [6, 6.07) is 0. The van der Waals surface area contributed by atoms with Crippen LogP contribution in [0, 0.1) is 23.7 Å². The Morgan fingerprint density at radius 1 is 1.03 bits per heavy atom. The quantitative estimate of drug-likeness (QED) is 0.331. The van der Waals surface area contributed by atoms with E-state index in [9.17, 15) is 4.79 Å². The Kier molecular flexibility index (Phi) is 6.27. The van der Waals surface area contributed by atoms with E-state index in [1.807, 2.05) is 6.92 Å². The monoisotopic (exact) mass is 410 g/mol. The van der Waals surface area contributed by atoms with Crippen LogP contribution in [0.1, 0.15) is 91.9 Å². The zero-order valence-electron chi connectivity index (χ0n) is 18.5. The summed E-state index contributed by atoms with van der Waals surface area (Å²) in [7, 11) is 0. The van der Waals surface area contributed by atoms with Crippen LogP contribution in [0.2, 0.25) is 0 Å². The number of rotatable bonds is 7. The first kappa shape index (κ1) is 21.5. The van der Waals surface area contributed by atoms with E-state index in [1.165, 1.54) is 19.3 Å². The molecule has 4 saturated heterocycles. The molecule has 5 fully saturated rings. The second-order valence-electron chi connectivity index (χ2n) is 9.93. The van der Waals surface area contributed by atoms with E-state index in [4.69, 9.17) is 24.0 Å². The number of hydrogen-bond donors (Lipinski definition) is 0. The lowest BCUT2D eigenvalue weighted by molar-refractivity contribution is -0.576. The molecule has 4 heterocycles. The van der Waals surface area contributed by atoms with Crippen molar-refractivity contribution in [1.29, 1.82) is 0 Å². The van der Waals surface area contributed by atoms with Gasteiger partial charge in [-0.2, -0.15) is 0 Å². The largest absolute Gasteiger partial charge is 0.435 e. The molecule has 0 amide bonds. The van der Waals surface area contributed by atoms with E-state index in [1.54, 1.807) is 0 Å². The molecule has 1 spiro atoms. The van der Waals surface area contributed by atoms with E-state index in [0.29, 0.717) is 18.3 Å². The van der Waals surface area contributed by atoms with Crippen molar-refractivity contribution in [3.63, 3.8) is 0 Å². The molecule has 1 aliphatic carbocycles. The molecule has 4 unspecified atom stereocenters. The fraction of sp³-hybridized carbons (Fsp3) is 0.957. The van der Waals surface area contributed by atoms with E-state index < -0.39 is 24.0 Å². The van der Waals surface area contributed by atoms with Gasteiger partial charge in [-0.25, -0.2) is 9.78 Å². The Hall–Kier alpha value is -0.690. The molecule has 29 heavy (non-hydrogen) atoms. The van der Waals surface area contributed by atoms with Crippen LogP contribution in [0.5, 0.6) is 0 Å². The Morgan fingerprint density at radius 2 is 1.83 bits per heavy atom. The summed E-state index contributed by atoms with van der Waals surface area (Å²) < 4.78 is 18.4. The maximum absolute atomic E-state index is 12.5. The molecule has 0 aromatic carbocycles. The van der Waals surface area contributed by atoms with Crippen LogP contribution in [0.3, 0.4) is 0 Å². The highest BCUT2D eigenvalue weighted by Crippen LogP contribution is 2.60. The number of carbonyl (C=O) groups excluding carboxylic acids is 1. The molecule has 4 aliphatic heterocycles. The minimum Gasteiger partial charge on any atom is -0.435 e. The highest BCUT2D eigenvalue weighted by molar-refractivity contribution is 5.69. The molecule has 1 saturated carbocycles. The van der Waals surface area contributed by atoms with Crippen LogP contribution >= 0.6 is 0 Å². The SMILES string of the molecule is CCCCCCCC(=O)OC1O[C@@H]2OC3(C)CCC4[C@H](C)CCC([C@H]1C)[C@]42OO3. The fourth-order valence-electron chi connectivity index (χ4n) is 6.07. The van der Waals surface area contributed by atoms with Gasteiger partial charge in [0.2, 0.25) is 12.1 Å². The first-order chi connectivity index (χ1) is 13.9. The van der Waals surface area contributed by atoms with Crippen molar-refractivity contribution in [3.8, 4) is 0 Å². The van der Waals surface area contributed by atoms with E-state index >= 15 is 0 Å². The maximum atomic E-state index is 12.5. The molecule has 5 aliphatic rings. The van der Waals surface area contributed by atoms with Gasteiger partial charge in [0.1, 0.15) is 0 Å². The third-order valence-electron chi connectivity index (χ3n) is 7.83. The first-order valence-corrected chi connectivity index (χ1v) is 11.8. The Bertz CT molecular complexity index is 596. The predicted molar refractivity (Wildman–Crippen MR) is 106 cm³/mol. The van der Waals surface area contributed by atoms with Gasteiger partial charge in [-0.15, -0.1) is 0 Å². The highest BCUT2D eigenvalue weighted by Gasteiger charge is 2.69. The van der Waals surface area contributed by atoms with Crippen molar-refractivity contribution in [2.75, 3.05) is 0 Å². The summed E-state index contributed by atoms with van der Waals surface area (Å²) in [5.74, 6) is 0.114. The molecule has 166 valence electrons. The molecule has 2 bridgehead atoms. The predicted octanol–water partition coefficient (Wildman–Crippen LogP) is 5.10. The number of carbonyl (C=O) groups is 1. The normalized spacial score (nSPS) is 46.1. The van der Waals surface area contributed by atoms with Gasteiger partial charge < -0.3 is 14.2 Å². The third kappa shape index (κ3) is 3.86. The fourth-order valence-corrected chi connectivity index (χ4v) is 6.07. The van der Waals surface area contributed by atoms with Crippen molar-refractivity contribution in [2.45, 2.75) is 116 Å². The Morgan fingerprint density at radius 3 is 2.62 bits per heavy atom. The van der Waals surface area contributed by atoms with Crippen LogP contribution in [0.15, 0.2) is 0 Å². The van der Waals surface area contributed by atoms with Gasteiger partial charge in [-0.05, 0) is 44.4 Å². The molecule has 0 aromatic rings. The first-order valence-electron chi connectivity index (χ1n) is 11.8. The summed E-state index contributed by atoms with van der Waals surface area (Å²) in [5, 5.41) is 0. The van der Waals surface area contributed by atoms with Crippen molar-refractivity contribution in [2.24, 2.45) is 23.7 Å². The smallest absolute Gasteiger partial charge is 0.308 e. The lowest BCUT2D eigenvalue weighted by atomic mass is 9.58. The minimum absolute atomic E-state index is 0.0416. The second-order valence-corrected chi connectivity index (χ2v) is 9.93. The molecule has 6 heteroatoms. The van der Waals surface area contributed by atoms with E-state index in [2.05, 4.69) is 20.8 Å². The summed E-state index contributed by atoms with van der Waals surface area (Å²) >= 11 is 0. The summed E-state index contributed by atoms with van der Waals surface area (Å²) in [6.07, 6.45) is 8.81. The van der Waals surface area contributed by atoms with Gasteiger partial charge in [0.15, 0.2) is 11.9 Å². The van der Waals surface area contributed by atoms with Gasteiger partial charge in [0.25, 0.3) is 0 Å². The average Bonchev–Trinajstić information content (AvgIpc) is 2.92. The summed E-state index contributed by atoms with van der Waals surface area (Å²) in [4.78, 5) is 24.4. The lowest BCUT2D eigenvalue weighted by Gasteiger charge is -2.59. The second kappa shape index (κ2) is 8.45. The van der Waals surface area contributed by atoms with Crippen molar-refractivity contribution >= 4 is 5.97 Å². The zero-order chi connectivity index (χ0) is 20.6. The molecule has 0 N–H and O–H groups in total. The van der Waals surface area contributed by atoms with Crippen LogP contribution in [-0.2, 0) is 28.8 Å². The van der Waals surface area contributed by atoms with Crippen LogP contribution in [-0.4, -0.2) is 29.9 Å². The lowest BCUT2D eigenvalue weighted by Crippen LogP contribution is -2.70.